The first kappa shape index (κ1) is 17.4. The lowest BCUT2D eigenvalue weighted by Gasteiger charge is -2.32. The third-order valence-electron chi connectivity index (χ3n) is 4.53. The number of carbonyl (C=O) groups excluding carboxylic acids is 1. The molecule has 1 heterocycles. The second-order valence-electron chi connectivity index (χ2n) is 6.32. The molecule has 1 amide bonds. The van der Waals surface area contributed by atoms with E-state index in [1.54, 1.807) is 29.2 Å². The molecule has 0 radical (unpaired) electrons. The monoisotopic (exact) mass is 352 g/mol. The highest BCUT2D eigenvalue weighted by molar-refractivity contribution is 5.92. The lowest BCUT2D eigenvalue weighted by Crippen LogP contribution is -2.39. The lowest BCUT2D eigenvalue weighted by molar-refractivity contribution is -0.197. The van der Waals surface area contributed by atoms with Crippen LogP contribution in [0.15, 0.2) is 36.9 Å². The number of hydrogen-bond acceptors (Lipinski definition) is 3. The maximum Gasteiger partial charge on any atom is 0.392 e. The fourth-order valence-corrected chi connectivity index (χ4v) is 3.32. The number of alkyl halides is 3. The van der Waals surface area contributed by atoms with Gasteiger partial charge < -0.3 is 5.32 Å². The first-order valence-corrected chi connectivity index (χ1v) is 8.22. The Bertz CT molecular complexity index is 715. The molecule has 5 nitrogen and oxygen atoms in total. The number of hydrogen-bond donors (Lipinski definition) is 1. The first-order valence-electron chi connectivity index (χ1n) is 8.22. The molecule has 0 aliphatic heterocycles. The Morgan fingerprint density at radius 2 is 2.08 bits per heavy atom. The summed E-state index contributed by atoms with van der Waals surface area (Å²) in [6.07, 6.45) is 0.117. The Morgan fingerprint density at radius 3 is 2.80 bits per heavy atom. The fourth-order valence-electron chi connectivity index (χ4n) is 3.32. The Balaban J connectivity index is 1.69. The molecule has 1 aliphatic carbocycles. The van der Waals surface area contributed by atoms with Crippen LogP contribution in [0.5, 0.6) is 0 Å². The number of aromatic nitrogens is 3. The summed E-state index contributed by atoms with van der Waals surface area (Å²) in [6, 6.07) is 7.03. The van der Waals surface area contributed by atoms with Crippen LogP contribution in [0, 0.1) is 11.8 Å². The van der Waals surface area contributed by atoms with Crippen molar-refractivity contribution in [1.29, 1.82) is 0 Å². The molecule has 1 fully saturated rings. The van der Waals surface area contributed by atoms with Crippen LogP contribution in [0.4, 0.5) is 18.9 Å². The van der Waals surface area contributed by atoms with E-state index in [0.29, 0.717) is 25.1 Å². The molecule has 1 saturated carbocycles. The van der Waals surface area contributed by atoms with Gasteiger partial charge >= 0.3 is 6.18 Å². The van der Waals surface area contributed by atoms with Crippen molar-refractivity contribution >= 4 is 11.6 Å². The van der Waals surface area contributed by atoms with Crippen molar-refractivity contribution in [2.24, 2.45) is 11.8 Å². The normalized spacial score (nSPS) is 21.1. The quantitative estimate of drug-likeness (QED) is 0.914. The average Bonchev–Trinajstić information content (AvgIpc) is 3.07. The summed E-state index contributed by atoms with van der Waals surface area (Å²) in [4.78, 5) is 16.3. The second kappa shape index (κ2) is 7.25. The minimum Gasteiger partial charge on any atom is -0.326 e. The number of carbonyl (C=O) groups is 1. The summed E-state index contributed by atoms with van der Waals surface area (Å²) in [5.74, 6) is -3.13. The minimum atomic E-state index is -4.34. The molecule has 3 rings (SSSR count). The topological polar surface area (TPSA) is 59.8 Å². The number of nitrogens with one attached hydrogen (secondary N) is 1. The Hall–Kier alpha value is -2.38. The van der Waals surface area contributed by atoms with Gasteiger partial charge in [-0.15, -0.1) is 0 Å². The molecule has 1 N–H and O–H groups in total. The molecule has 1 aromatic carbocycles. The molecule has 2 atom stereocenters. The van der Waals surface area contributed by atoms with Gasteiger partial charge in [-0.3, -0.25) is 4.79 Å². The van der Waals surface area contributed by atoms with E-state index < -0.39 is 23.9 Å². The maximum absolute atomic E-state index is 13.2. The molecule has 25 heavy (non-hydrogen) atoms. The third-order valence-corrected chi connectivity index (χ3v) is 4.53. The Kier molecular flexibility index (Phi) is 5.06. The zero-order valence-electron chi connectivity index (χ0n) is 13.5. The summed E-state index contributed by atoms with van der Waals surface area (Å²) in [5, 5.41) is 6.66. The van der Waals surface area contributed by atoms with Crippen LogP contribution < -0.4 is 5.32 Å². The standard InChI is InChI=1S/C17H19F3N4O/c18-17(19,20)15-7-2-1-6-14(15)16(25)23-13-5-3-4-12(8-13)9-24-11-21-10-22-24/h3-5,8,10-11,14-15H,1-2,6-7,9H2,(H,23,25)/t14-,15-/m1/s1. The van der Waals surface area contributed by atoms with E-state index in [1.807, 2.05) is 6.07 Å². The van der Waals surface area contributed by atoms with E-state index >= 15 is 0 Å². The SMILES string of the molecule is O=C(Nc1cccc(Cn2cncn2)c1)[C@@H]1CCCC[C@H]1C(F)(F)F. The van der Waals surface area contributed by atoms with Crippen molar-refractivity contribution in [3.05, 3.63) is 42.5 Å². The predicted octanol–water partition coefficient (Wildman–Crippen LogP) is 3.63. The van der Waals surface area contributed by atoms with E-state index in [-0.39, 0.29) is 12.8 Å². The van der Waals surface area contributed by atoms with E-state index in [4.69, 9.17) is 0 Å². The molecule has 1 aliphatic rings. The molecule has 1 aromatic heterocycles. The van der Waals surface area contributed by atoms with Crippen molar-refractivity contribution in [2.45, 2.75) is 38.4 Å². The van der Waals surface area contributed by atoms with E-state index in [1.165, 1.54) is 6.33 Å². The maximum atomic E-state index is 13.2. The third kappa shape index (κ3) is 4.37. The van der Waals surface area contributed by atoms with E-state index in [2.05, 4.69) is 15.4 Å². The van der Waals surface area contributed by atoms with Gasteiger partial charge in [-0.25, -0.2) is 9.67 Å². The van der Waals surface area contributed by atoms with Gasteiger partial charge in [-0.05, 0) is 30.5 Å². The second-order valence-corrected chi connectivity index (χ2v) is 6.32. The van der Waals surface area contributed by atoms with Crippen LogP contribution in [-0.4, -0.2) is 26.8 Å². The smallest absolute Gasteiger partial charge is 0.326 e. The molecule has 2 aromatic rings. The molecule has 8 heteroatoms. The van der Waals surface area contributed by atoms with Crippen LogP contribution in [0.3, 0.4) is 0 Å². The molecule has 0 spiro atoms. The average molecular weight is 352 g/mol. The highest BCUT2D eigenvalue weighted by Crippen LogP contribution is 2.41. The highest BCUT2D eigenvalue weighted by Gasteiger charge is 2.48. The van der Waals surface area contributed by atoms with Crippen molar-refractivity contribution in [2.75, 3.05) is 5.32 Å². The molecule has 0 unspecified atom stereocenters. The lowest BCUT2D eigenvalue weighted by atomic mass is 9.78. The number of anilines is 1. The van der Waals surface area contributed by atoms with Crippen molar-refractivity contribution in [3.63, 3.8) is 0 Å². The van der Waals surface area contributed by atoms with E-state index in [9.17, 15) is 18.0 Å². The molecule has 0 bridgehead atoms. The molecular weight excluding hydrogens is 333 g/mol. The van der Waals surface area contributed by atoms with E-state index in [0.717, 1.165) is 5.56 Å². The van der Waals surface area contributed by atoms with Crippen LogP contribution in [0.1, 0.15) is 31.2 Å². The van der Waals surface area contributed by atoms with Crippen LogP contribution in [0.2, 0.25) is 0 Å². The molecular formula is C17H19F3N4O. The van der Waals surface area contributed by atoms with Crippen LogP contribution >= 0.6 is 0 Å². The Labute approximate surface area is 143 Å². The van der Waals surface area contributed by atoms with Gasteiger partial charge in [-0.2, -0.15) is 18.3 Å². The molecule has 0 saturated heterocycles. The highest BCUT2D eigenvalue weighted by atomic mass is 19.4. The van der Waals surface area contributed by atoms with Gasteiger partial charge in [0.15, 0.2) is 0 Å². The van der Waals surface area contributed by atoms with Crippen LogP contribution in [0.25, 0.3) is 0 Å². The zero-order chi connectivity index (χ0) is 17.9. The summed E-state index contributed by atoms with van der Waals surface area (Å²) in [7, 11) is 0. The first-order chi connectivity index (χ1) is 11.9. The predicted molar refractivity (Wildman–Crippen MR) is 85.7 cm³/mol. The van der Waals surface area contributed by atoms with Gasteiger partial charge in [0.25, 0.3) is 0 Å². The van der Waals surface area contributed by atoms with Crippen molar-refractivity contribution in [1.82, 2.24) is 14.8 Å². The summed E-state index contributed by atoms with van der Waals surface area (Å²) >= 11 is 0. The minimum absolute atomic E-state index is 0.0218. The van der Waals surface area contributed by atoms with Gasteiger partial charge in [0.1, 0.15) is 12.7 Å². The van der Waals surface area contributed by atoms with Crippen LogP contribution in [-0.2, 0) is 11.3 Å². The summed E-state index contributed by atoms with van der Waals surface area (Å²) < 4.78 is 41.1. The number of halogens is 3. The summed E-state index contributed by atoms with van der Waals surface area (Å²) in [5.41, 5.74) is 1.37. The number of benzene rings is 1. The largest absolute Gasteiger partial charge is 0.392 e. The zero-order valence-corrected chi connectivity index (χ0v) is 13.5. The van der Waals surface area contributed by atoms with Gasteiger partial charge in [0.2, 0.25) is 5.91 Å². The van der Waals surface area contributed by atoms with Gasteiger partial charge in [-0.1, -0.05) is 25.0 Å². The van der Waals surface area contributed by atoms with Gasteiger partial charge in [0, 0.05) is 11.6 Å². The number of nitrogens with zero attached hydrogens (tertiary/aromatic N) is 3. The van der Waals surface area contributed by atoms with Crippen molar-refractivity contribution in [3.8, 4) is 0 Å². The number of amides is 1. The van der Waals surface area contributed by atoms with Crippen molar-refractivity contribution < 1.29 is 18.0 Å². The Morgan fingerprint density at radius 1 is 1.28 bits per heavy atom. The summed E-state index contributed by atoms with van der Waals surface area (Å²) in [6.45, 7) is 0.471. The number of rotatable bonds is 4. The molecule has 134 valence electrons. The van der Waals surface area contributed by atoms with Gasteiger partial charge in [0.05, 0.1) is 12.5 Å². The fraction of sp³-hybridized carbons (Fsp3) is 0.471.